The second-order valence-electron chi connectivity index (χ2n) is 4.07. The van der Waals surface area contributed by atoms with Gasteiger partial charge in [-0.1, -0.05) is 24.3 Å². The Morgan fingerprint density at radius 3 is 2.61 bits per heavy atom. The molecule has 0 spiro atoms. The van der Waals surface area contributed by atoms with Gasteiger partial charge in [0.25, 0.3) is 0 Å². The van der Waals surface area contributed by atoms with Crippen LogP contribution >= 0.6 is 0 Å². The molecule has 0 saturated carbocycles. The first kappa shape index (κ1) is 10.9. The molecule has 1 aliphatic rings. The molecule has 2 aromatic rings. The van der Waals surface area contributed by atoms with Crippen LogP contribution in [-0.2, 0) is 0 Å². The number of aliphatic hydroxyl groups excluding tert-OH is 1. The molecular weight excluding hydrogens is 232 g/mol. The molecule has 0 saturated heterocycles. The van der Waals surface area contributed by atoms with Crippen molar-refractivity contribution in [3.63, 3.8) is 0 Å². The van der Waals surface area contributed by atoms with Crippen LogP contribution in [0.2, 0.25) is 0 Å². The second kappa shape index (κ2) is 4.23. The quantitative estimate of drug-likeness (QED) is 0.850. The molecule has 0 radical (unpaired) electrons. The van der Waals surface area contributed by atoms with Gasteiger partial charge in [-0.25, -0.2) is 0 Å². The lowest BCUT2D eigenvalue weighted by atomic mass is 10.0. The number of fused-ring (bicyclic) bond motifs is 1. The molecule has 1 aliphatic heterocycles. The average molecular weight is 244 g/mol. The number of phenols is 1. The SMILES string of the molecule is Oc1ccccc1C(O)c1ccc2c(c1)OCO2. The van der Waals surface area contributed by atoms with Crippen LogP contribution in [0.5, 0.6) is 17.2 Å². The lowest BCUT2D eigenvalue weighted by Crippen LogP contribution is -1.99. The summed E-state index contributed by atoms with van der Waals surface area (Å²) in [7, 11) is 0. The topological polar surface area (TPSA) is 58.9 Å². The van der Waals surface area contributed by atoms with Gasteiger partial charge < -0.3 is 19.7 Å². The van der Waals surface area contributed by atoms with E-state index in [0.29, 0.717) is 22.6 Å². The van der Waals surface area contributed by atoms with Crippen LogP contribution in [0.15, 0.2) is 42.5 Å². The van der Waals surface area contributed by atoms with E-state index in [1.165, 1.54) is 0 Å². The highest BCUT2D eigenvalue weighted by Gasteiger charge is 2.19. The predicted molar refractivity (Wildman–Crippen MR) is 64.7 cm³/mol. The lowest BCUT2D eigenvalue weighted by molar-refractivity contribution is 0.173. The first-order chi connectivity index (χ1) is 8.75. The minimum absolute atomic E-state index is 0.0719. The maximum absolute atomic E-state index is 10.2. The molecule has 1 atom stereocenters. The lowest BCUT2D eigenvalue weighted by Gasteiger charge is -2.13. The van der Waals surface area contributed by atoms with Gasteiger partial charge in [-0.05, 0) is 23.8 Å². The van der Waals surface area contributed by atoms with Crippen molar-refractivity contribution in [2.24, 2.45) is 0 Å². The Bertz CT molecular complexity index is 580. The Labute approximate surface area is 104 Å². The van der Waals surface area contributed by atoms with Gasteiger partial charge in [0.1, 0.15) is 11.9 Å². The first-order valence-corrected chi connectivity index (χ1v) is 5.61. The number of aliphatic hydroxyl groups is 1. The van der Waals surface area contributed by atoms with Crippen molar-refractivity contribution < 1.29 is 19.7 Å². The molecule has 0 amide bonds. The largest absolute Gasteiger partial charge is 0.508 e. The minimum Gasteiger partial charge on any atom is -0.508 e. The van der Waals surface area contributed by atoms with E-state index in [2.05, 4.69) is 0 Å². The van der Waals surface area contributed by atoms with Gasteiger partial charge >= 0.3 is 0 Å². The van der Waals surface area contributed by atoms with Gasteiger partial charge in [0.05, 0.1) is 0 Å². The molecule has 0 aliphatic carbocycles. The number of phenolic OH excluding ortho intramolecular Hbond substituents is 1. The minimum atomic E-state index is -0.888. The zero-order valence-corrected chi connectivity index (χ0v) is 9.54. The normalized spacial score (nSPS) is 14.5. The second-order valence-corrected chi connectivity index (χ2v) is 4.07. The third-order valence-electron chi connectivity index (χ3n) is 2.94. The maximum Gasteiger partial charge on any atom is 0.231 e. The summed E-state index contributed by atoms with van der Waals surface area (Å²) in [6.07, 6.45) is -0.888. The number of hydrogen-bond acceptors (Lipinski definition) is 4. The zero-order valence-electron chi connectivity index (χ0n) is 9.54. The molecule has 3 rings (SSSR count). The van der Waals surface area contributed by atoms with E-state index < -0.39 is 6.10 Å². The Kier molecular flexibility index (Phi) is 2.57. The van der Waals surface area contributed by atoms with Gasteiger partial charge in [-0.15, -0.1) is 0 Å². The summed E-state index contributed by atoms with van der Waals surface area (Å²) in [4.78, 5) is 0. The van der Waals surface area contributed by atoms with Crippen LogP contribution in [0.1, 0.15) is 17.2 Å². The Balaban J connectivity index is 1.98. The average Bonchev–Trinajstić information content (AvgIpc) is 2.85. The Morgan fingerprint density at radius 2 is 1.78 bits per heavy atom. The predicted octanol–water partition coefficient (Wildman–Crippen LogP) is 2.20. The molecule has 0 fully saturated rings. The van der Waals surface area contributed by atoms with Crippen molar-refractivity contribution in [3.8, 4) is 17.2 Å². The van der Waals surface area contributed by atoms with Crippen LogP contribution in [0.3, 0.4) is 0 Å². The van der Waals surface area contributed by atoms with Crippen LogP contribution in [0.4, 0.5) is 0 Å². The zero-order chi connectivity index (χ0) is 12.5. The van der Waals surface area contributed by atoms with Gasteiger partial charge in [-0.2, -0.15) is 0 Å². The summed E-state index contributed by atoms with van der Waals surface area (Å²) in [6.45, 7) is 0.200. The number of benzene rings is 2. The number of aromatic hydroxyl groups is 1. The van der Waals surface area contributed by atoms with Gasteiger partial charge in [0, 0.05) is 5.56 Å². The van der Waals surface area contributed by atoms with E-state index in [-0.39, 0.29) is 12.5 Å². The monoisotopic (exact) mass is 244 g/mol. The van der Waals surface area contributed by atoms with Crippen LogP contribution in [-0.4, -0.2) is 17.0 Å². The van der Waals surface area contributed by atoms with Crippen molar-refractivity contribution >= 4 is 0 Å². The molecule has 0 bridgehead atoms. The highest BCUT2D eigenvalue weighted by molar-refractivity contribution is 5.48. The van der Waals surface area contributed by atoms with Crippen molar-refractivity contribution in [1.82, 2.24) is 0 Å². The highest BCUT2D eigenvalue weighted by Crippen LogP contribution is 2.37. The van der Waals surface area contributed by atoms with Crippen molar-refractivity contribution in [2.45, 2.75) is 6.10 Å². The van der Waals surface area contributed by atoms with E-state index in [1.807, 2.05) is 0 Å². The fourth-order valence-corrected chi connectivity index (χ4v) is 1.98. The molecule has 2 aromatic carbocycles. The first-order valence-electron chi connectivity index (χ1n) is 5.61. The van der Waals surface area contributed by atoms with Crippen molar-refractivity contribution in [3.05, 3.63) is 53.6 Å². The fraction of sp³-hybridized carbons (Fsp3) is 0.143. The molecule has 2 N–H and O–H groups in total. The van der Waals surface area contributed by atoms with Crippen LogP contribution in [0.25, 0.3) is 0 Å². The summed E-state index contributed by atoms with van der Waals surface area (Å²) in [5.41, 5.74) is 1.12. The van der Waals surface area contributed by atoms with Crippen molar-refractivity contribution in [2.75, 3.05) is 6.79 Å². The molecule has 4 nitrogen and oxygen atoms in total. The summed E-state index contributed by atoms with van der Waals surface area (Å²) in [5.74, 6) is 1.35. The van der Waals surface area contributed by atoms with E-state index >= 15 is 0 Å². The van der Waals surface area contributed by atoms with Crippen LogP contribution < -0.4 is 9.47 Å². The van der Waals surface area contributed by atoms with Crippen molar-refractivity contribution in [1.29, 1.82) is 0 Å². The molecule has 92 valence electrons. The van der Waals surface area contributed by atoms with E-state index in [9.17, 15) is 10.2 Å². The Morgan fingerprint density at radius 1 is 1.00 bits per heavy atom. The van der Waals surface area contributed by atoms with Gasteiger partial charge in [0.2, 0.25) is 6.79 Å². The Hall–Kier alpha value is -2.20. The molecule has 1 unspecified atom stereocenters. The number of ether oxygens (including phenoxy) is 2. The molecule has 1 heterocycles. The number of rotatable bonds is 2. The van der Waals surface area contributed by atoms with Gasteiger partial charge in [-0.3, -0.25) is 0 Å². The third-order valence-corrected chi connectivity index (χ3v) is 2.94. The van der Waals surface area contributed by atoms with E-state index in [1.54, 1.807) is 42.5 Å². The third kappa shape index (κ3) is 1.76. The van der Waals surface area contributed by atoms with E-state index in [4.69, 9.17) is 9.47 Å². The summed E-state index contributed by atoms with van der Waals surface area (Å²) >= 11 is 0. The molecular formula is C14H12O4. The number of para-hydroxylation sites is 1. The summed E-state index contributed by atoms with van der Waals surface area (Å²) < 4.78 is 10.5. The highest BCUT2D eigenvalue weighted by atomic mass is 16.7. The smallest absolute Gasteiger partial charge is 0.231 e. The fourth-order valence-electron chi connectivity index (χ4n) is 1.98. The molecule has 4 heteroatoms. The maximum atomic E-state index is 10.2. The molecule has 0 aromatic heterocycles. The molecule has 18 heavy (non-hydrogen) atoms. The summed E-state index contributed by atoms with van der Waals surface area (Å²) in [5, 5.41) is 20.0. The van der Waals surface area contributed by atoms with Crippen LogP contribution in [0, 0.1) is 0 Å². The summed E-state index contributed by atoms with van der Waals surface area (Å²) in [6, 6.07) is 11.9. The van der Waals surface area contributed by atoms with E-state index in [0.717, 1.165) is 0 Å². The van der Waals surface area contributed by atoms with Gasteiger partial charge in [0.15, 0.2) is 11.5 Å². The standard InChI is InChI=1S/C14H12O4/c15-11-4-2-1-3-10(11)14(16)9-5-6-12-13(7-9)18-8-17-12/h1-7,14-16H,8H2. The number of hydrogen-bond donors (Lipinski definition) is 2.